The second-order valence-corrected chi connectivity index (χ2v) is 10.9. The Bertz CT molecular complexity index is 347. The largest absolute Gasteiger partial charge is 0.325 e. The van der Waals surface area contributed by atoms with E-state index in [2.05, 4.69) is 48.5 Å². The Morgan fingerprint density at radius 2 is 1.09 bits per heavy atom. The number of rotatable bonds is 0. The molecular weight excluding hydrogens is 278 g/mol. The van der Waals surface area contributed by atoms with Crippen molar-refractivity contribution < 1.29 is 0 Å². The minimum atomic E-state index is 0.0273. The molecule has 0 heterocycles. The zero-order valence-electron chi connectivity index (χ0n) is 17.4. The van der Waals surface area contributed by atoms with Gasteiger partial charge in [-0.15, -0.1) is 0 Å². The molecule has 1 rings (SSSR count). The zero-order valence-corrected chi connectivity index (χ0v) is 17.4. The van der Waals surface area contributed by atoms with Crippen molar-refractivity contribution in [1.29, 1.82) is 0 Å². The average Bonchev–Trinajstić information content (AvgIpc) is 2.39. The Kier molecular flexibility index (Phi) is 7.21. The fourth-order valence-electron chi connectivity index (χ4n) is 4.09. The van der Waals surface area contributed by atoms with Gasteiger partial charge >= 0.3 is 0 Å². The summed E-state index contributed by atoms with van der Waals surface area (Å²) >= 11 is 0. The van der Waals surface area contributed by atoms with Crippen LogP contribution in [0.25, 0.3) is 0 Å². The third-order valence-corrected chi connectivity index (χ3v) is 6.99. The molecule has 1 aliphatic carbocycles. The highest BCUT2D eigenvalue weighted by molar-refractivity contribution is 4.88. The van der Waals surface area contributed by atoms with Crippen molar-refractivity contribution in [2.24, 2.45) is 22.0 Å². The van der Waals surface area contributed by atoms with Crippen molar-refractivity contribution in [3.63, 3.8) is 0 Å². The molecule has 1 heteroatoms. The number of nitrogens with two attached hydrogens (primary N) is 1. The van der Waals surface area contributed by atoms with Crippen LogP contribution in [0, 0.1) is 16.2 Å². The molecule has 0 spiro atoms. The molecule has 138 valence electrons. The molecule has 1 fully saturated rings. The van der Waals surface area contributed by atoms with Crippen molar-refractivity contribution >= 4 is 0 Å². The van der Waals surface area contributed by atoms with Gasteiger partial charge in [0.1, 0.15) is 0 Å². The summed E-state index contributed by atoms with van der Waals surface area (Å²) in [5.41, 5.74) is 7.95. The summed E-state index contributed by atoms with van der Waals surface area (Å²) in [6.07, 6.45) is 14.6. The fraction of sp³-hybridized carbons (Fsp3) is 1.00. The standard InChI is InChI=1S/C22H45N/c1-19(2,3)21(6)14-10-8-9-13-20(4,5)17-18-22(7,23)16-12-11-15-21/h8-18,23H2,1-7H3. The molecule has 23 heavy (non-hydrogen) atoms. The van der Waals surface area contributed by atoms with Crippen LogP contribution in [0.15, 0.2) is 0 Å². The van der Waals surface area contributed by atoms with Crippen LogP contribution in [-0.2, 0) is 0 Å². The van der Waals surface area contributed by atoms with E-state index in [9.17, 15) is 0 Å². The molecule has 1 saturated carbocycles. The van der Waals surface area contributed by atoms with Crippen LogP contribution in [0.2, 0.25) is 0 Å². The first-order valence-corrected chi connectivity index (χ1v) is 10.2. The Balaban J connectivity index is 2.76. The smallest absolute Gasteiger partial charge is 0.0126 e. The minimum Gasteiger partial charge on any atom is -0.325 e. The van der Waals surface area contributed by atoms with Crippen molar-refractivity contribution in [3.8, 4) is 0 Å². The van der Waals surface area contributed by atoms with E-state index < -0.39 is 0 Å². The lowest BCUT2D eigenvalue weighted by atomic mass is 9.62. The van der Waals surface area contributed by atoms with E-state index in [1.54, 1.807) is 0 Å². The van der Waals surface area contributed by atoms with Crippen LogP contribution >= 0.6 is 0 Å². The third-order valence-electron chi connectivity index (χ3n) is 6.99. The molecule has 2 unspecified atom stereocenters. The maximum atomic E-state index is 6.60. The van der Waals surface area contributed by atoms with Crippen LogP contribution < -0.4 is 5.73 Å². The summed E-state index contributed by atoms with van der Waals surface area (Å²) in [5, 5.41) is 0. The normalized spacial score (nSPS) is 35.5. The van der Waals surface area contributed by atoms with Gasteiger partial charge in [0.25, 0.3) is 0 Å². The Hall–Kier alpha value is -0.0400. The van der Waals surface area contributed by atoms with Gasteiger partial charge < -0.3 is 5.73 Å². The maximum absolute atomic E-state index is 6.60. The van der Waals surface area contributed by atoms with Gasteiger partial charge in [0.15, 0.2) is 0 Å². The van der Waals surface area contributed by atoms with Crippen molar-refractivity contribution in [2.45, 2.75) is 125 Å². The Morgan fingerprint density at radius 3 is 1.65 bits per heavy atom. The monoisotopic (exact) mass is 323 g/mol. The molecule has 0 amide bonds. The summed E-state index contributed by atoms with van der Waals surface area (Å²) in [6, 6.07) is 0. The molecule has 0 bridgehead atoms. The number of hydrogen-bond acceptors (Lipinski definition) is 1. The van der Waals surface area contributed by atoms with Crippen molar-refractivity contribution in [1.82, 2.24) is 0 Å². The van der Waals surface area contributed by atoms with Gasteiger partial charge in [-0.2, -0.15) is 0 Å². The summed E-state index contributed by atoms with van der Waals surface area (Å²) in [5.74, 6) is 0. The highest BCUT2D eigenvalue weighted by atomic mass is 14.7. The topological polar surface area (TPSA) is 26.0 Å². The van der Waals surface area contributed by atoms with Crippen LogP contribution in [0.1, 0.15) is 119 Å². The van der Waals surface area contributed by atoms with E-state index >= 15 is 0 Å². The first kappa shape index (κ1) is 21.0. The highest BCUT2D eigenvalue weighted by Gasteiger charge is 2.36. The van der Waals surface area contributed by atoms with E-state index in [-0.39, 0.29) is 5.54 Å². The third kappa shape index (κ3) is 7.16. The van der Waals surface area contributed by atoms with Gasteiger partial charge in [-0.25, -0.2) is 0 Å². The predicted octanol–water partition coefficient (Wildman–Crippen LogP) is 7.09. The van der Waals surface area contributed by atoms with E-state index in [0.29, 0.717) is 16.2 Å². The minimum absolute atomic E-state index is 0.0273. The lowest BCUT2D eigenvalue weighted by molar-refractivity contribution is 0.0759. The Labute approximate surface area is 147 Å². The van der Waals surface area contributed by atoms with Crippen molar-refractivity contribution in [2.75, 3.05) is 0 Å². The van der Waals surface area contributed by atoms with Gasteiger partial charge in [0.05, 0.1) is 0 Å². The summed E-state index contributed by atoms with van der Waals surface area (Å²) in [7, 11) is 0. The molecule has 0 aromatic carbocycles. The van der Waals surface area contributed by atoms with Gasteiger partial charge in [0.2, 0.25) is 0 Å². The molecule has 2 atom stereocenters. The summed E-state index contributed by atoms with van der Waals surface area (Å²) in [6.45, 7) is 17.0. The molecule has 1 aliphatic rings. The second-order valence-electron chi connectivity index (χ2n) is 10.9. The van der Waals surface area contributed by atoms with Crippen LogP contribution in [0.4, 0.5) is 0 Å². The lowest BCUT2D eigenvalue weighted by Gasteiger charge is -2.43. The van der Waals surface area contributed by atoms with Gasteiger partial charge in [-0.05, 0) is 61.7 Å². The van der Waals surface area contributed by atoms with E-state index in [1.165, 1.54) is 70.6 Å². The molecule has 0 saturated heterocycles. The lowest BCUT2D eigenvalue weighted by Crippen LogP contribution is -2.37. The molecule has 1 nitrogen and oxygen atoms in total. The molecule has 0 aromatic rings. The zero-order chi connectivity index (χ0) is 17.8. The molecule has 2 N–H and O–H groups in total. The van der Waals surface area contributed by atoms with E-state index in [1.807, 2.05) is 0 Å². The first-order valence-electron chi connectivity index (χ1n) is 10.2. The van der Waals surface area contributed by atoms with Gasteiger partial charge in [0, 0.05) is 5.54 Å². The highest BCUT2D eigenvalue weighted by Crippen LogP contribution is 2.47. The molecule has 0 aromatic heterocycles. The van der Waals surface area contributed by atoms with Crippen molar-refractivity contribution in [3.05, 3.63) is 0 Å². The van der Waals surface area contributed by atoms with Crippen LogP contribution in [0.3, 0.4) is 0 Å². The SMILES string of the molecule is CC1(C)CCCCCC(C)(C(C)(C)C)CCCCC(C)(N)CC1. The molecule has 0 radical (unpaired) electrons. The predicted molar refractivity (Wildman–Crippen MR) is 105 cm³/mol. The first-order chi connectivity index (χ1) is 10.4. The second kappa shape index (κ2) is 7.89. The van der Waals surface area contributed by atoms with Crippen LogP contribution in [-0.4, -0.2) is 5.54 Å². The summed E-state index contributed by atoms with van der Waals surface area (Å²) < 4.78 is 0. The summed E-state index contributed by atoms with van der Waals surface area (Å²) in [4.78, 5) is 0. The molecule has 0 aliphatic heterocycles. The number of hydrogen-bond donors (Lipinski definition) is 1. The Morgan fingerprint density at radius 1 is 0.609 bits per heavy atom. The van der Waals surface area contributed by atoms with Crippen LogP contribution in [0.5, 0.6) is 0 Å². The van der Waals surface area contributed by atoms with Gasteiger partial charge in [-0.3, -0.25) is 0 Å². The van der Waals surface area contributed by atoms with E-state index in [4.69, 9.17) is 5.73 Å². The average molecular weight is 324 g/mol. The van der Waals surface area contributed by atoms with E-state index in [0.717, 1.165) is 0 Å². The maximum Gasteiger partial charge on any atom is 0.0126 e. The quantitative estimate of drug-likeness (QED) is 0.506. The fourth-order valence-corrected chi connectivity index (χ4v) is 4.09. The van der Waals surface area contributed by atoms with Gasteiger partial charge in [-0.1, -0.05) is 73.6 Å². The molecular formula is C22H45N.